The minimum atomic E-state index is -0.487. The van der Waals surface area contributed by atoms with E-state index in [-0.39, 0.29) is 22.8 Å². The lowest BCUT2D eigenvalue weighted by atomic mass is 9.63. The van der Waals surface area contributed by atoms with Gasteiger partial charge in [-0.2, -0.15) is 0 Å². The van der Waals surface area contributed by atoms with Crippen molar-refractivity contribution in [1.29, 1.82) is 0 Å². The molecule has 7 aromatic carbocycles. The Labute approximate surface area is 375 Å². The number of nitrogens with zero attached hydrogens (tertiary/aromatic N) is 1. The second kappa shape index (κ2) is 12.4. The Bertz CT molecular complexity index is 3530. The third kappa shape index (κ3) is 4.42. The molecule has 1 heterocycles. The van der Waals surface area contributed by atoms with Crippen LogP contribution in [0.4, 0.5) is 11.4 Å². The van der Waals surface area contributed by atoms with Gasteiger partial charge >= 0.3 is 0 Å². The Hall–Kier alpha value is -6.90. The van der Waals surface area contributed by atoms with E-state index >= 15 is 0 Å². The topological polar surface area (TPSA) is 16.4 Å². The molecule has 0 bridgehead atoms. The average Bonchev–Trinajstić information content (AvgIpc) is 4.06. The second-order valence-corrected chi connectivity index (χ2v) is 20.4. The van der Waals surface area contributed by atoms with Crippen LogP contribution in [0.5, 0.6) is 0 Å². The molecule has 64 heavy (non-hydrogen) atoms. The summed E-state index contributed by atoms with van der Waals surface area (Å²) in [5, 5.41) is 2.34. The highest BCUT2D eigenvalue weighted by molar-refractivity contribution is 6.12. The maximum absolute atomic E-state index is 6.94. The zero-order valence-corrected chi connectivity index (χ0v) is 37.0. The molecule has 6 aliphatic carbocycles. The summed E-state index contributed by atoms with van der Waals surface area (Å²) in [5.41, 5.74) is 24.3. The van der Waals surface area contributed by atoms with Gasteiger partial charge in [0, 0.05) is 44.5 Å². The SMILES string of the molecule is CC1C=CC2=C(C1)C(C)(C)c1cc(N(c3ccc4c(c3)C(C)(C)c3ccccc3-4)C3C=CC=C4c5ccccc5C5(c6ccccc6-c6c5ccc5c6oc6ccccc65)C43)ccc12. The smallest absolute Gasteiger partial charge is 0.143 e. The van der Waals surface area contributed by atoms with Gasteiger partial charge in [0.1, 0.15) is 11.2 Å². The van der Waals surface area contributed by atoms with E-state index in [1.807, 2.05) is 0 Å². The summed E-state index contributed by atoms with van der Waals surface area (Å²) >= 11 is 0. The summed E-state index contributed by atoms with van der Waals surface area (Å²) in [4.78, 5) is 2.73. The molecule has 2 nitrogen and oxygen atoms in total. The third-order valence-corrected chi connectivity index (χ3v) is 16.6. The molecule has 0 radical (unpaired) electrons. The lowest BCUT2D eigenvalue weighted by molar-refractivity contribution is 0.444. The van der Waals surface area contributed by atoms with Gasteiger partial charge in [0.2, 0.25) is 0 Å². The summed E-state index contributed by atoms with van der Waals surface area (Å²) < 4.78 is 6.94. The fraction of sp³-hybridized carbons (Fsp3) is 0.194. The van der Waals surface area contributed by atoms with E-state index in [9.17, 15) is 0 Å². The molecule has 1 spiro atoms. The van der Waals surface area contributed by atoms with E-state index in [0.29, 0.717) is 5.92 Å². The molecule has 0 saturated heterocycles. The highest BCUT2D eigenvalue weighted by Gasteiger charge is 2.60. The Morgan fingerprint density at radius 1 is 0.547 bits per heavy atom. The first-order chi connectivity index (χ1) is 31.2. The van der Waals surface area contributed by atoms with Crippen LogP contribution in [0.1, 0.15) is 85.5 Å². The minimum Gasteiger partial charge on any atom is -0.455 e. The van der Waals surface area contributed by atoms with Crippen LogP contribution in [0.15, 0.2) is 186 Å². The predicted molar refractivity (Wildman–Crippen MR) is 265 cm³/mol. The van der Waals surface area contributed by atoms with Crippen molar-refractivity contribution in [3.8, 4) is 22.3 Å². The molecule has 308 valence electrons. The van der Waals surface area contributed by atoms with Crippen molar-refractivity contribution in [2.75, 3.05) is 4.90 Å². The normalized spacial score (nSPS) is 23.1. The Kier molecular flexibility index (Phi) is 7.10. The summed E-state index contributed by atoms with van der Waals surface area (Å²) in [5.74, 6) is 0.576. The molecule has 14 rings (SSSR count). The quantitative estimate of drug-likeness (QED) is 0.176. The Morgan fingerprint density at radius 3 is 1.98 bits per heavy atom. The molecule has 0 fully saturated rings. The lowest BCUT2D eigenvalue weighted by Crippen LogP contribution is -2.46. The van der Waals surface area contributed by atoms with Crippen LogP contribution in [-0.2, 0) is 16.2 Å². The number of fused-ring (bicyclic) bond motifs is 19. The predicted octanol–water partition coefficient (Wildman–Crippen LogP) is 15.6. The van der Waals surface area contributed by atoms with Crippen LogP contribution in [0.25, 0.3) is 55.3 Å². The first-order valence-corrected chi connectivity index (χ1v) is 23.3. The second-order valence-electron chi connectivity index (χ2n) is 20.4. The number of rotatable bonds is 3. The molecule has 2 heteroatoms. The number of para-hydroxylation sites is 1. The van der Waals surface area contributed by atoms with E-state index < -0.39 is 5.41 Å². The first kappa shape index (κ1) is 36.6. The van der Waals surface area contributed by atoms with E-state index in [0.717, 1.165) is 23.0 Å². The zero-order chi connectivity index (χ0) is 42.9. The van der Waals surface area contributed by atoms with Crippen molar-refractivity contribution < 1.29 is 4.42 Å². The molecule has 0 aliphatic heterocycles. The Balaban J connectivity index is 1.04. The van der Waals surface area contributed by atoms with Crippen LogP contribution in [0.3, 0.4) is 0 Å². The van der Waals surface area contributed by atoms with Crippen molar-refractivity contribution in [3.63, 3.8) is 0 Å². The Morgan fingerprint density at radius 2 is 1.19 bits per heavy atom. The van der Waals surface area contributed by atoms with E-state index in [1.165, 1.54) is 94.7 Å². The molecule has 0 saturated carbocycles. The number of hydrogen-bond donors (Lipinski definition) is 0. The van der Waals surface area contributed by atoms with E-state index in [2.05, 4.69) is 215 Å². The molecular weight excluding hydrogens is 775 g/mol. The summed E-state index contributed by atoms with van der Waals surface area (Å²) in [6.45, 7) is 12.1. The summed E-state index contributed by atoms with van der Waals surface area (Å²) in [6, 6.07) is 55.6. The van der Waals surface area contributed by atoms with Crippen molar-refractivity contribution in [3.05, 3.63) is 226 Å². The van der Waals surface area contributed by atoms with Crippen molar-refractivity contribution in [2.24, 2.45) is 11.8 Å². The van der Waals surface area contributed by atoms with E-state index in [1.54, 1.807) is 5.57 Å². The van der Waals surface area contributed by atoms with Crippen LogP contribution < -0.4 is 4.90 Å². The van der Waals surface area contributed by atoms with Crippen molar-refractivity contribution >= 4 is 44.5 Å². The monoisotopic (exact) mass is 823 g/mol. The first-order valence-electron chi connectivity index (χ1n) is 23.3. The molecule has 4 unspecified atom stereocenters. The zero-order valence-electron chi connectivity index (χ0n) is 37.0. The van der Waals surface area contributed by atoms with Gasteiger partial charge in [0.25, 0.3) is 0 Å². The largest absolute Gasteiger partial charge is 0.455 e. The number of furan rings is 1. The molecule has 0 N–H and O–H groups in total. The molecule has 4 atom stereocenters. The lowest BCUT2D eigenvalue weighted by Gasteiger charge is -2.45. The van der Waals surface area contributed by atoms with Gasteiger partial charge in [-0.15, -0.1) is 0 Å². The molecular formula is C62H49NO. The fourth-order valence-electron chi connectivity index (χ4n) is 13.7. The maximum Gasteiger partial charge on any atom is 0.143 e. The highest BCUT2D eigenvalue weighted by Crippen LogP contribution is 2.67. The number of anilines is 2. The standard InChI is InChI=1S/C62H49NO/c1-36-25-28-41-43-30-27-38(35-54(43)61(4,5)52(41)33-36)63(37-26-29-42-39-15-6-10-20-48(39)60(2,3)53(42)34-37)55-23-14-19-45-40-16-7-11-21-49(40)62(58(45)55)50-22-12-8-18-47(50)57-51(62)32-31-46-44-17-9-13-24-56(44)64-59(46)57/h6-32,34-36,55,58H,33H2,1-5H3. The van der Waals surface area contributed by atoms with Gasteiger partial charge < -0.3 is 9.32 Å². The number of allylic oxidation sites excluding steroid dienone is 6. The van der Waals surface area contributed by atoms with Crippen molar-refractivity contribution in [1.82, 2.24) is 0 Å². The minimum absolute atomic E-state index is 0.0361. The van der Waals surface area contributed by atoms with Crippen molar-refractivity contribution in [2.45, 2.75) is 63.3 Å². The number of benzene rings is 7. The van der Waals surface area contributed by atoms with Gasteiger partial charge in [-0.05, 0) is 115 Å². The summed E-state index contributed by atoms with van der Waals surface area (Å²) in [7, 11) is 0. The molecule has 1 aromatic heterocycles. The van der Waals surface area contributed by atoms with E-state index in [4.69, 9.17) is 4.42 Å². The highest BCUT2D eigenvalue weighted by atomic mass is 16.3. The van der Waals surface area contributed by atoms with Crippen LogP contribution in [-0.4, -0.2) is 6.04 Å². The van der Waals surface area contributed by atoms with Crippen LogP contribution in [0.2, 0.25) is 0 Å². The summed E-state index contributed by atoms with van der Waals surface area (Å²) in [6.07, 6.45) is 13.2. The fourth-order valence-corrected chi connectivity index (χ4v) is 13.7. The molecule has 8 aromatic rings. The van der Waals surface area contributed by atoms with Crippen LogP contribution >= 0.6 is 0 Å². The van der Waals surface area contributed by atoms with Gasteiger partial charge in [0.05, 0.1) is 11.5 Å². The van der Waals surface area contributed by atoms with Gasteiger partial charge in [-0.1, -0.05) is 186 Å². The molecule has 6 aliphatic rings. The average molecular weight is 824 g/mol. The van der Waals surface area contributed by atoms with Crippen LogP contribution in [0, 0.1) is 11.8 Å². The maximum atomic E-state index is 6.94. The van der Waals surface area contributed by atoms with Gasteiger partial charge in [-0.3, -0.25) is 0 Å². The number of hydrogen-bond acceptors (Lipinski definition) is 2. The molecule has 0 amide bonds. The van der Waals surface area contributed by atoms with Gasteiger partial charge in [0.15, 0.2) is 0 Å². The third-order valence-electron chi connectivity index (χ3n) is 16.6. The van der Waals surface area contributed by atoms with Gasteiger partial charge in [-0.25, -0.2) is 0 Å².